The number of aromatic nitrogens is 3. The predicted octanol–water partition coefficient (Wildman–Crippen LogP) is 4.15. The zero-order valence-electron chi connectivity index (χ0n) is 18.1. The van der Waals surface area contributed by atoms with Gasteiger partial charge in [-0.05, 0) is 63.1 Å². The number of hydrogen-bond acceptors (Lipinski definition) is 4. The van der Waals surface area contributed by atoms with Gasteiger partial charge < -0.3 is 19.9 Å². The second kappa shape index (κ2) is 10.4. The maximum Gasteiger partial charge on any atom is 0.196 e. The molecule has 0 aliphatic heterocycles. The van der Waals surface area contributed by atoms with Gasteiger partial charge in [-0.1, -0.05) is 24.3 Å². The molecule has 7 nitrogen and oxygen atoms in total. The van der Waals surface area contributed by atoms with E-state index in [1.165, 1.54) is 11.1 Å². The summed E-state index contributed by atoms with van der Waals surface area (Å²) in [6, 6.07) is 16.1. The molecular formula is C23H30N6O. The third kappa shape index (κ3) is 6.07. The Bertz CT molecular complexity index is 962. The van der Waals surface area contributed by atoms with Crippen LogP contribution in [0.4, 0.5) is 5.69 Å². The second-order valence-electron chi connectivity index (χ2n) is 7.29. The molecule has 2 N–H and O–H groups in total. The number of nitrogens with zero attached hydrogens (tertiary/aromatic N) is 4. The fraction of sp³-hybridized carbons (Fsp3) is 0.348. The van der Waals surface area contributed by atoms with Gasteiger partial charge in [-0.2, -0.15) is 0 Å². The molecule has 158 valence electrons. The van der Waals surface area contributed by atoms with Gasteiger partial charge >= 0.3 is 0 Å². The molecule has 0 saturated heterocycles. The van der Waals surface area contributed by atoms with E-state index >= 15 is 0 Å². The first-order chi connectivity index (χ1) is 14.5. The first-order valence-corrected chi connectivity index (χ1v) is 10.3. The van der Waals surface area contributed by atoms with Gasteiger partial charge in [0.25, 0.3) is 0 Å². The van der Waals surface area contributed by atoms with Crippen molar-refractivity contribution in [2.75, 3.05) is 5.32 Å². The van der Waals surface area contributed by atoms with Crippen molar-refractivity contribution in [3.8, 4) is 5.75 Å². The van der Waals surface area contributed by atoms with Gasteiger partial charge in [0.1, 0.15) is 12.1 Å². The van der Waals surface area contributed by atoms with Crippen LogP contribution in [-0.4, -0.2) is 26.8 Å². The minimum Gasteiger partial charge on any atom is -0.491 e. The Hall–Kier alpha value is -3.35. The van der Waals surface area contributed by atoms with Crippen LogP contribution < -0.4 is 15.4 Å². The number of hydrogen-bond donors (Lipinski definition) is 2. The van der Waals surface area contributed by atoms with Gasteiger partial charge in [0.15, 0.2) is 11.8 Å². The molecule has 0 aliphatic rings. The summed E-state index contributed by atoms with van der Waals surface area (Å²) in [5.74, 6) is 2.39. The number of nitrogens with one attached hydrogen (secondary N) is 2. The summed E-state index contributed by atoms with van der Waals surface area (Å²) in [6.07, 6.45) is 1.88. The molecule has 0 amide bonds. The first-order valence-electron chi connectivity index (χ1n) is 10.3. The molecule has 0 bridgehead atoms. The van der Waals surface area contributed by atoms with Gasteiger partial charge in [0.2, 0.25) is 0 Å². The lowest BCUT2D eigenvalue weighted by Crippen LogP contribution is -2.31. The van der Waals surface area contributed by atoms with E-state index in [9.17, 15) is 0 Å². The zero-order valence-corrected chi connectivity index (χ0v) is 18.1. The summed E-state index contributed by atoms with van der Waals surface area (Å²) in [7, 11) is 0. The van der Waals surface area contributed by atoms with Gasteiger partial charge in [-0.15, -0.1) is 10.2 Å². The van der Waals surface area contributed by atoms with Crippen molar-refractivity contribution in [3.05, 3.63) is 71.8 Å². The average Bonchev–Trinajstić information content (AvgIpc) is 3.19. The topological polar surface area (TPSA) is 76.4 Å². The van der Waals surface area contributed by atoms with E-state index in [4.69, 9.17) is 9.73 Å². The van der Waals surface area contributed by atoms with E-state index < -0.39 is 0 Å². The molecule has 30 heavy (non-hydrogen) atoms. The molecular weight excluding hydrogens is 376 g/mol. The lowest BCUT2D eigenvalue weighted by atomic mass is 10.1. The molecule has 1 heterocycles. The Morgan fingerprint density at radius 3 is 2.60 bits per heavy atom. The van der Waals surface area contributed by atoms with Gasteiger partial charge in [-0.25, -0.2) is 4.99 Å². The van der Waals surface area contributed by atoms with Gasteiger partial charge in [0.05, 0.1) is 19.2 Å². The standard InChI is InChI=1S/C23H30N6O/c1-5-29-16-26-28-22(29)15-25-23(24-14-19-9-7-6-8-18(19)4)27-20-10-12-21(13-11-20)30-17(2)3/h6-13,16-17H,5,14-15H2,1-4H3,(H2,24,25,27). The number of aryl methyl sites for hydroxylation is 2. The Morgan fingerprint density at radius 1 is 1.13 bits per heavy atom. The fourth-order valence-electron chi connectivity index (χ4n) is 2.96. The number of aliphatic imine (C=N–C) groups is 1. The van der Waals surface area contributed by atoms with E-state index in [2.05, 4.69) is 46.8 Å². The van der Waals surface area contributed by atoms with Crippen LogP contribution in [-0.2, 0) is 19.6 Å². The van der Waals surface area contributed by atoms with Crippen LogP contribution in [0.3, 0.4) is 0 Å². The molecule has 1 aromatic heterocycles. The molecule has 3 aromatic rings. The van der Waals surface area contributed by atoms with Crippen molar-refractivity contribution < 1.29 is 4.74 Å². The highest BCUT2D eigenvalue weighted by Gasteiger charge is 2.07. The zero-order chi connectivity index (χ0) is 21.3. The highest BCUT2D eigenvalue weighted by molar-refractivity contribution is 5.93. The Balaban J connectivity index is 1.74. The lowest BCUT2D eigenvalue weighted by Gasteiger charge is -2.14. The minimum absolute atomic E-state index is 0.146. The predicted molar refractivity (Wildman–Crippen MR) is 121 cm³/mol. The molecule has 0 spiro atoms. The normalized spacial score (nSPS) is 11.6. The molecule has 0 fully saturated rings. The van der Waals surface area contributed by atoms with Crippen LogP contribution in [0.1, 0.15) is 37.7 Å². The number of ether oxygens (including phenoxy) is 1. The number of rotatable bonds is 8. The minimum atomic E-state index is 0.146. The Labute approximate surface area is 178 Å². The van der Waals surface area contributed by atoms with Crippen molar-refractivity contribution in [2.45, 2.75) is 53.4 Å². The molecule has 3 rings (SSSR count). The lowest BCUT2D eigenvalue weighted by molar-refractivity contribution is 0.242. The first kappa shape index (κ1) is 21.4. The Kier molecular flexibility index (Phi) is 7.43. The summed E-state index contributed by atoms with van der Waals surface area (Å²) in [4.78, 5) is 4.78. The van der Waals surface area contributed by atoms with Crippen LogP contribution >= 0.6 is 0 Å². The van der Waals surface area contributed by atoms with Crippen LogP contribution in [0.15, 0.2) is 59.9 Å². The average molecular weight is 407 g/mol. The van der Waals surface area contributed by atoms with Crippen LogP contribution in [0.25, 0.3) is 0 Å². The van der Waals surface area contributed by atoms with Gasteiger partial charge in [0, 0.05) is 12.2 Å². The fourth-order valence-corrected chi connectivity index (χ4v) is 2.96. The smallest absolute Gasteiger partial charge is 0.196 e. The monoisotopic (exact) mass is 406 g/mol. The summed E-state index contributed by atoms with van der Waals surface area (Å²) in [5, 5.41) is 14.9. The van der Waals surface area contributed by atoms with Crippen molar-refractivity contribution in [3.63, 3.8) is 0 Å². The number of guanidine groups is 1. The highest BCUT2D eigenvalue weighted by atomic mass is 16.5. The molecule has 2 aromatic carbocycles. The van der Waals surface area contributed by atoms with E-state index in [1.807, 2.05) is 54.8 Å². The quantitative estimate of drug-likeness (QED) is 0.434. The third-order valence-electron chi connectivity index (χ3n) is 4.61. The molecule has 0 saturated carbocycles. The van der Waals surface area contributed by atoms with Crippen LogP contribution in [0.2, 0.25) is 0 Å². The van der Waals surface area contributed by atoms with E-state index in [0.717, 1.165) is 23.8 Å². The van der Waals surface area contributed by atoms with Crippen molar-refractivity contribution in [2.24, 2.45) is 4.99 Å². The maximum absolute atomic E-state index is 5.72. The molecule has 7 heteroatoms. The van der Waals surface area contributed by atoms with Crippen molar-refractivity contribution >= 4 is 11.6 Å². The summed E-state index contributed by atoms with van der Waals surface area (Å²) in [5.41, 5.74) is 3.34. The maximum atomic E-state index is 5.72. The summed E-state index contributed by atoms with van der Waals surface area (Å²) >= 11 is 0. The van der Waals surface area contributed by atoms with Crippen molar-refractivity contribution in [1.82, 2.24) is 20.1 Å². The Morgan fingerprint density at radius 2 is 1.90 bits per heavy atom. The van der Waals surface area contributed by atoms with Crippen LogP contribution in [0.5, 0.6) is 5.75 Å². The number of benzene rings is 2. The molecule has 0 aliphatic carbocycles. The second-order valence-corrected chi connectivity index (χ2v) is 7.29. The van der Waals surface area contributed by atoms with E-state index in [0.29, 0.717) is 19.0 Å². The molecule has 0 radical (unpaired) electrons. The summed E-state index contributed by atoms with van der Waals surface area (Å²) in [6.45, 7) is 10.1. The molecule has 0 unspecified atom stereocenters. The van der Waals surface area contributed by atoms with Crippen molar-refractivity contribution in [1.29, 1.82) is 0 Å². The van der Waals surface area contributed by atoms with Crippen LogP contribution in [0, 0.1) is 6.92 Å². The van der Waals surface area contributed by atoms with Gasteiger partial charge in [-0.3, -0.25) is 0 Å². The summed E-state index contributed by atoms with van der Waals surface area (Å²) < 4.78 is 7.73. The third-order valence-corrected chi connectivity index (χ3v) is 4.61. The van der Waals surface area contributed by atoms with E-state index in [1.54, 1.807) is 6.33 Å². The largest absolute Gasteiger partial charge is 0.491 e. The number of anilines is 1. The molecule has 0 atom stereocenters. The SMILES string of the molecule is CCn1cnnc1CNC(=NCc1ccccc1C)Nc1ccc(OC(C)C)cc1. The van der Waals surface area contributed by atoms with E-state index in [-0.39, 0.29) is 6.10 Å². The highest BCUT2D eigenvalue weighted by Crippen LogP contribution is 2.17.